The van der Waals surface area contributed by atoms with Crippen molar-refractivity contribution in [1.82, 2.24) is 0 Å². The molecular weight excluding hydrogens is 204 g/mol. The summed E-state index contributed by atoms with van der Waals surface area (Å²) >= 11 is 3.49. The Labute approximate surface area is 74.5 Å². The first kappa shape index (κ1) is 7.32. The molecule has 0 unspecified atom stereocenters. The third-order valence-electron chi connectivity index (χ3n) is 1.99. The fourth-order valence-electron chi connectivity index (χ4n) is 1.20. The average Bonchev–Trinajstić information content (AvgIpc) is 2.77. The van der Waals surface area contributed by atoms with Gasteiger partial charge in [0, 0.05) is 4.47 Å². The van der Waals surface area contributed by atoms with Crippen molar-refractivity contribution in [1.29, 1.82) is 0 Å². The van der Waals surface area contributed by atoms with Crippen LogP contribution in [-0.2, 0) is 4.74 Å². The van der Waals surface area contributed by atoms with E-state index in [0.29, 0.717) is 6.10 Å². The van der Waals surface area contributed by atoms with Gasteiger partial charge < -0.3 is 4.74 Å². The molecule has 0 bridgehead atoms. The summed E-state index contributed by atoms with van der Waals surface area (Å²) in [5.41, 5.74) is 2.62. The molecule has 0 amide bonds. The largest absolute Gasteiger partial charge is 0.368 e. The highest BCUT2D eigenvalue weighted by Gasteiger charge is 2.26. The molecule has 0 N–H and O–H groups in total. The molecule has 2 heteroatoms. The van der Waals surface area contributed by atoms with Gasteiger partial charge in [-0.05, 0) is 24.1 Å². The van der Waals surface area contributed by atoms with E-state index in [4.69, 9.17) is 4.74 Å². The van der Waals surface area contributed by atoms with E-state index in [0.717, 1.165) is 6.61 Å². The quantitative estimate of drug-likeness (QED) is 0.653. The van der Waals surface area contributed by atoms with E-state index in [9.17, 15) is 0 Å². The van der Waals surface area contributed by atoms with Crippen molar-refractivity contribution >= 4 is 15.9 Å². The van der Waals surface area contributed by atoms with Gasteiger partial charge in [0.05, 0.1) is 6.61 Å². The monoisotopic (exact) mass is 212 g/mol. The maximum absolute atomic E-state index is 5.21. The minimum absolute atomic E-state index is 0.368. The van der Waals surface area contributed by atoms with Gasteiger partial charge in [-0.3, -0.25) is 0 Å². The lowest BCUT2D eigenvalue weighted by Crippen LogP contribution is -1.86. The van der Waals surface area contributed by atoms with Crippen LogP contribution in [0.4, 0.5) is 0 Å². The number of epoxide rings is 1. The summed E-state index contributed by atoms with van der Waals surface area (Å²) in [5, 5.41) is 0. The zero-order valence-corrected chi connectivity index (χ0v) is 7.89. The van der Waals surface area contributed by atoms with Crippen LogP contribution in [0, 0.1) is 6.92 Å². The molecule has 1 fully saturated rings. The maximum atomic E-state index is 5.21. The number of ether oxygens (including phenoxy) is 1. The summed E-state index contributed by atoms with van der Waals surface area (Å²) in [6.07, 6.45) is 0.368. The third-order valence-corrected chi connectivity index (χ3v) is 2.85. The van der Waals surface area contributed by atoms with Gasteiger partial charge in [0.2, 0.25) is 0 Å². The van der Waals surface area contributed by atoms with Gasteiger partial charge in [0.15, 0.2) is 0 Å². The first-order chi connectivity index (χ1) is 5.29. The molecule has 1 nitrogen and oxygen atoms in total. The highest BCUT2D eigenvalue weighted by Crippen LogP contribution is 2.34. The Morgan fingerprint density at radius 3 is 2.91 bits per heavy atom. The lowest BCUT2D eigenvalue weighted by atomic mass is 10.1. The predicted molar refractivity (Wildman–Crippen MR) is 47.6 cm³/mol. The van der Waals surface area contributed by atoms with Crippen LogP contribution in [0.15, 0.2) is 22.7 Å². The van der Waals surface area contributed by atoms with E-state index >= 15 is 0 Å². The second-order valence-corrected chi connectivity index (χ2v) is 3.63. The summed E-state index contributed by atoms with van der Waals surface area (Å²) in [6, 6.07) is 6.23. The van der Waals surface area contributed by atoms with Crippen molar-refractivity contribution in [3.8, 4) is 0 Å². The molecule has 11 heavy (non-hydrogen) atoms. The molecule has 0 aliphatic carbocycles. The van der Waals surface area contributed by atoms with Crippen LogP contribution in [0.2, 0.25) is 0 Å². The minimum atomic E-state index is 0.368. The van der Waals surface area contributed by atoms with Gasteiger partial charge in [-0.1, -0.05) is 28.1 Å². The molecule has 1 atom stereocenters. The number of hydrogen-bond acceptors (Lipinski definition) is 1. The number of benzene rings is 1. The molecule has 1 aliphatic rings. The third kappa shape index (κ3) is 1.33. The van der Waals surface area contributed by atoms with Gasteiger partial charge >= 0.3 is 0 Å². The van der Waals surface area contributed by atoms with Gasteiger partial charge in [0.1, 0.15) is 6.10 Å². The minimum Gasteiger partial charge on any atom is -0.368 e. The second kappa shape index (κ2) is 2.61. The zero-order chi connectivity index (χ0) is 7.84. The van der Waals surface area contributed by atoms with E-state index in [2.05, 4.69) is 35.0 Å². The predicted octanol–water partition coefficient (Wildman–Crippen LogP) is 2.83. The Hall–Kier alpha value is -0.340. The van der Waals surface area contributed by atoms with E-state index in [-0.39, 0.29) is 0 Å². The van der Waals surface area contributed by atoms with Crippen molar-refractivity contribution in [2.24, 2.45) is 0 Å². The lowest BCUT2D eigenvalue weighted by molar-refractivity contribution is 0.415. The zero-order valence-electron chi connectivity index (χ0n) is 6.30. The van der Waals surface area contributed by atoms with Crippen molar-refractivity contribution in [3.63, 3.8) is 0 Å². The fourth-order valence-corrected chi connectivity index (χ4v) is 1.58. The van der Waals surface area contributed by atoms with Gasteiger partial charge in [-0.15, -0.1) is 0 Å². The summed E-state index contributed by atoms with van der Waals surface area (Å²) in [6.45, 7) is 3.00. The van der Waals surface area contributed by atoms with E-state index in [1.165, 1.54) is 15.6 Å². The van der Waals surface area contributed by atoms with Crippen molar-refractivity contribution in [3.05, 3.63) is 33.8 Å². The molecule has 0 saturated carbocycles. The van der Waals surface area contributed by atoms with Crippen LogP contribution in [0.3, 0.4) is 0 Å². The number of hydrogen-bond donors (Lipinski definition) is 0. The number of halogens is 1. The molecule has 1 heterocycles. The summed E-state index contributed by atoms with van der Waals surface area (Å²) < 4.78 is 6.38. The molecular formula is C9H9BrO. The molecule has 1 aromatic rings. The SMILES string of the molecule is Cc1c(Br)cccc1[C@H]1CO1. The van der Waals surface area contributed by atoms with Crippen molar-refractivity contribution in [2.75, 3.05) is 6.61 Å². The Balaban J connectivity index is 2.45. The Bertz CT molecular complexity index is 279. The fraction of sp³-hybridized carbons (Fsp3) is 0.333. The van der Waals surface area contributed by atoms with Crippen molar-refractivity contribution < 1.29 is 4.74 Å². The van der Waals surface area contributed by atoms with Crippen LogP contribution in [0.1, 0.15) is 17.2 Å². The normalized spacial score (nSPS) is 21.8. The highest BCUT2D eigenvalue weighted by atomic mass is 79.9. The van der Waals surface area contributed by atoms with Crippen LogP contribution >= 0.6 is 15.9 Å². The van der Waals surface area contributed by atoms with Crippen LogP contribution in [0.25, 0.3) is 0 Å². The average molecular weight is 213 g/mol. The first-order valence-electron chi connectivity index (χ1n) is 3.65. The van der Waals surface area contributed by atoms with E-state index in [1.807, 2.05) is 6.07 Å². The smallest absolute Gasteiger partial charge is 0.106 e. The lowest BCUT2D eigenvalue weighted by Gasteiger charge is -2.02. The Kier molecular flexibility index (Phi) is 1.74. The summed E-state index contributed by atoms with van der Waals surface area (Å²) in [4.78, 5) is 0. The molecule has 1 aromatic carbocycles. The number of rotatable bonds is 1. The molecule has 2 rings (SSSR count). The standard InChI is InChI=1S/C9H9BrO/c1-6-7(9-5-11-9)3-2-4-8(6)10/h2-4,9H,5H2,1H3/t9-/m1/s1. The maximum Gasteiger partial charge on any atom is 0.106 e. The second-order valence-electron chi connectivity index (χ2n) is 2.78. The van der Waals surface area contributed by atoms with Crippen LogP contribution < -0.4 is 0 Å². The van der Waals surface area contributed by atoms with Crippen molar-refractivity contribution in [2.45, 2.75) is 13.0 Å². The summed E-state index contributed by atoms with van der Waals surface area (Å²) in [7, 11) is 0. The van der Waals surface area contributed by atoms with Crippen LogP contribution in [-0.4, -0.2) is 6.61 Å². The first-order valence-corrected chi connectivity index (χ1v) is 4.45. The molecule has 0 aromatic heterocycles. The Morgan fingerprint density at radius 1 is 1.55 bits per heavy atom. The van der Waals surface area contributed by atoms with Crippen LogP contribution in [0.5, 0.6) is 0 Å². The Morgan fingerprint density at radius 2 is 2.27 bits per heavy atom. The van der Waals surface area contributed by atoms with Gasteiger partial charge in [-0.25, -0.2) is 0 Å². The molecule has 1 aliphatic heterocycles. The molecule has 0 radical (unpaired) electrons. The molecule has 58 valence electrons. The topological polar surface area (TPSA) is 12.5 Å². The molecule has 0 spiro atoms. The van der Waals surface area contributed by atoms with E-state index < -0.39 is 0 Å². The van der Waals surface area contributed by atoms with Gasteiger partial charge in [0.25, 0.3) is 0 Å². The van der Waals surface area contributed by atoms with E-state index in [1.54, 1.807) is 0 Å². The van der Waals surface area contributed by atoms with Gasteiger partial charge in [-0.2, -0.15) is 0 Å². The highest BCUT2D eigenvalue weighted by molar-refractivity contribution is 9.10. The molecule has 1 saturated heterocycles. The summed E-state index contributed by atoms with van der Waals surface area (Å²) in [5.74, 6) is 0.